The number of fused-ring (bicyclic) bond motifs is 1. The van der Waals surface area contributed by atoms with E-state index in [0.29, 0.717) is 5.69 Å². The normalized spacial score (nSPS) is 11.3. The van der Waals surface area contributed by atoms with Crippen molar-refractivity contribution < 1.29 is 13.2 Å². The van der Waals surface area contributed by atoms with Crippen LogP contribution in [0.3, 0.4) is 0 Å². The van der Waals surface area contributed by atoms with Crippen molar-refractivity contribution in [1.82, 2.24) is 24.9 Å². The van der Waals surface area contributed by atoms with Crippen molar-refractivity contribution in [3.63, 3.8) is 0 Å². The standard InChI is InChI=1S/C14H14N6O3S/c21-14(13-10-15-4-5-16-13)17-6-8-24(22,23)19-11-2-7-20-12(9-11)1-3-18-20/h1-5,7,9-10,19H,6,8H2,(H,17,21). The van der Waals surface area contributed by atoms with Crippen molar-refractivity contribution in [2.24, 2.45) is 0 Å². The molecule has 0 spiro atoms. The van der Waals surface area contributed by atoms with Crippen LogP contribution in [0.5, 0.6) is 0 Å². The maximum Gasteiger partial charge on any atom is 0.271 e. The summed E-state index contributed by atoms with van der Waals surface area (Å²) in [5.74, 6) is -0.734. The van der Waals surface area contributed by atoms with Crippen LogP contribution in [-0.2, 0) is 10.0 Å². The Balaban J connectivity index is 1.57. The zero-order valence-electron chi connectivity index (χ0n) is 12.5. The molecule has 0 aromatic carbocycles. The summed E-state index contributed by atoms with van der Waals surface area (Å²) in [6.07, 6.45) is 7.42. The molecule has 3 rings (SSSR count). The minimum atomic E-state index is -3.59. The van der Waals surface area contributed by atoms with Gasteiger partial charge in [-0.15, -0.1) is 0 Å². The lowest BCUT2D eigenvalue weighted by Gasteiger charge is -2.09. The molecule has 3 aromatic rings. The van der Waals surface area contributed by atoms with E-state index in [1.165, 1.54) is 18.6 Å². The maximum absolute atomic E-state index is 12.1. The first-order chi connectivity index (χ1) is 11.5. The molecule has 0 radical (unpaired) electrons. The highest BCUT2D eigenvalue weighted by molar-refractivity contribution is 7.92. The molecule has 2 N–H and O–H groups in total. The molecular formula is C14H14N6O3S. The summed E-state index contributed by atoms with van der Waals surface area (Å²) in [4.78, 5) is 19.4. The van der Waals surface area contributed by atoms with Crippen LogP contribution >= 0.6 is 0 Å². The molecule has 1 amide bonds. The average Bonchev–Trinajstić information content (AvgIpc) is 3.02. The lowest BCUT2D eigenvalue weighted by atomic mass is 10.4. The van der Waals surface area contributed by atoms with Crippen molar-refractivity contribution in [2.45, 2.75) is 0 Å². The second-order valence-corrected chi connectivity index (χ2v) is 6.73. The van der Waals surface area contributed by atoms with E-state index in [1.54, 1.807) is 35.1 Å². The van der Waals surface area contributed by atoms with E-state index in [4.69, 9.17) is 0 Å². The molecule has 9 nitrogen and oxygen atoms in total. The summed E-state index contributed by atoms with van der Waals surface area (Å²) in [6.45, 7) is -0.0420. The SMILES string of the molecule is O=C(NCCS(=O)(=O)Nc1ccn2nccc2c1)c1cnccn1. The smallest absolute Gasteiger partial charge is 0.271 e. The van der Waals surface area contributed by atoms with E-state index < -0.39 is 15.9 Å². The minimum Gasteiger partial charge on any atom is -0.350 e. The van der Waals surface area contributed by atoms with Gasteiger partial charge in [-0.05, 0) is 18.2 Å². The summed E-state index contributed by atoms with van der Waals surface area (Å²) < 4.78 is 28.2. The van der Waals surface area contributed by atoms with Crippen molar-refractivity contribution in [1.29, 1.82) is 0 Å². The summed E-state index contributed by atoms with van der Waals surface area (Å²) in [7, 11) is -3.59. The van der Waals surface area contributed by atoms with Gasteiger partial charge in [0.2, 0.25) is 10.0 Å². The number of carbonyl (C=O) groups excluding carboxylic acids is 1. The molecule has 24 heavy (non-hydrogen) atoms. The van der Waals surface area contributed by atoms with Crippen molar-refractivity contribution in [3.8, 4) is 0 Å². The first-order valence-electron chi connectivity index (χ1n) is 7.02. The van der Waals surface area contributed by atoms with Gasteiger partial charge in [0.05, 0.1) is 23.2 Å². The zero-order valence-corrected chi connectivity index (χ0v) is 13.3. The Labute approximate surface area is 137 Å². The molecule has 0 fully saturated rings. The van der Waals surface area contributed by atoms with Gasteiger partial charge in [-0.2, -0.15) is 5.10 Å². The molecule has 0 aliphatic rings. The van der Waals surface area contributed by atoms with Gasteiger partial charge in [0.1, 0.15) is 5.69 Å². The largest absolute Gasteiger partial charge is 0.350 e. The fourth-order valence-electron chi connectivity index (χ4n) is 2.02. The molecule has 0 bridgehead atoms. The molecule has 0 unspecified atom stereocenters. The number of nitrogens with zero attached hydrogens (tertiary/aromatic N) is 4. The van der Waals surface area contributed by atoms with Crippen molar-refractivity contribution in [3.05, 3.63) is 54.9 Å². The minimum absolute atomic E-state index is 0.0420. The van der Waals surface area contributed by atoms with Gasteiger partial charge in [-0.25, -0.2) is 17.9 Å². The number of sulfonamides is 1. The van der Waals surface area contributed by atoms with Crippen molar-refractivity contribution >= 4 is 27.1 Å². The number of anilines is 1. The van der Waals surface area contributed by atoms with E-state index in [2.05, 4.69) is 25.1 Å². The number of aromatic nitrogens is 4. The number of hydrogen-bond acceptors (Lipinski definition) is 6. The van der Waals surface area contributed by atoms with E-state index in [1.807, 2.05) is 0 Å². The van der Waals surface area contributed by atoms with Crippen LogP contribution in [0, 0.1) is 0 Å². The number of pyridine rings is 1. The molecule has 0 atom stereocenters. The molecule has 3 aromatic heterocycles. The number of hydrogen-bond donors (Lipinski definition) is 2. The van der Waals surface area contributed by atoms with Crippen LogP contribution in [0.2, 0.25) is 0 Å². The Morgan fingerprint density at radius 3 is 2.88 bits per heavy atom. The Bertz CT molecular complexity index is 955. The lowest BCUT2D eigenvalue weighted by Crippen LogP contribution is -2.31. The third-order valence-corrected chi connectivity index (χ3v) is 4.41. The van der Waals surface area contributed by atoms with Crippen LogP contribution in [0.1, 0.15) is 10.5 Å². The van der Waals surface area contributed by atoms with Crippen LogP contribution in [-0.4, -0.2) is 46.2 Å². The highest BCUT2D eigenvalue weighted by atomic mass is 32.2. The zero-order chi connectivity index (χ0) is 17.0. The van der Waals surface area contributed by atoms with Gasteiger partial charge < -0.3 is 5.32 Å². The van der Waals surface area contributed by atoms with Crippen LogP contribution in [0.15, 0.2) is 49.2 Å². The third kappa shape index (κ3) is 3.84. The van der Waals surface area contributed by atoms with E-state index in [0.717, 1.165) is 5.52 Å². The third-order valence-electron chi connectivity index (χ3n) is 3.13. The van der Waals surface area contributed by atoms with Gasteiger partial charge in [-0.3, -0.25) is 14.5 Å². The molecule has 0 aliphatic heterocycles. The number of amides is 1. The maximum atomic E-state index is 12.1. The average molecular weight is 346 g/mol. The van der Waals surface area contributed by atoms with Crippen LogP contribution in [0.4, 0.5) is 5.69 Å². The highest BCUT2D eigenvalue weighted by Gasteiger charge is 2.13. The molecule has 0 saturated carbocycles. The van der Waals surface area contributed by atoms with E-state index in [9.17, 15) is 13.2 Å². The predicted molar refractivity (Wildman–Crippen MR) is 87.0 cm³/mol. The number of nitrogens with one attached hydrogen (secondary N) is 2. The predicted octanol–water partition coefficient (Wildman–Crippen LogP) is 0.296. The summed E-state index contributed by atoms with van der Waals surface area (Å²) in [5, 5.41) is 6.53. The first-order valence-corrected chi connectivity index (χ1v) is 8.67. The molecule has 124 valence electrons. The quantitative estimate of drug-likeness (QED) is 0.662. The van der Waals surface area contributed by atoms with Crippen LogP contribution in [0.25, 0.3) is 5.52 Å². The highest BCUT2D eigenvalue weighted by Crippen LogP contribution is 2.12. The summed E-state index contributed by atoms with van der Waals surface area (Å²) in [6, 6.07) is 5.04. The molecule has 10 heteroatoms. The van der Waals surface area contributed by atoms with Gasteiger partial charge in [-0.1, -0.05) is 0 Å². The Morgan fingerprint density at radius 2 is 2.08 bits per heavy atom. The van der Waals surface area contributed by atoms with Gasteiger partial charge in [0.15, 0.2) is 0 Å². The van der Waals surface area contributed by atoms with Gasteiger partial charge >= 0.3 is 0 Å². The number of carbonyl (C=O) groups is 1. The fraction of sp³-hybridized carbons (Fsp3) is 0.143. The second kappa shape index (κ2) is 6.62. The number of rotatable bonds is 6. The first kappa shape index (κ1) is 15.9. The van der Waals surface area contributed by atoms with Crippen LogP contribution < -0.4 is 10.0 Å². The van der Waals surface area contributed by atoms with E-state index in [-0.39, 0.29) is 18.0 Å². The Hall–Kier alpha value is -3.01. The second-order valence-electron chi connectivity index (χ2n) is 4.88. The molecule has 3 heterocycles. The fourth-order valence-corrected chi connectivity index (χ4v) is 2.98. The van der Waals surface area contributed by atoms with Crippen molar-refractivity contribution in [2.75, 3.05) is 17.0 Å². The summed E-state index contributed by atoms with van der Waals surface area (Å²) in [5.41, 5.74) is 1.34. The van der Waals surface area contributed by atoms with Gasteiger partial charge in [0, 0.05) is 31.3 Å². The Kier molecular flexibility index (Phi) is 4.38. The van der Waals surface area contributed by atoms with Gasteiger partial charge in [0.25, 0.3) is 5.91 Å². The molecule has 0 aliphatic carbocycles. The molecule has 0 saturated heterocycles. The Morgan fingerprint density at radius 1 is 1.21 bits per heavy atom. The lowest BCUT2D eigenvalue weighted by molar-refractivity contribution is 0.0950. The molecular weight excluding hydrogens is 332 g/mol. The topological polar surface area (TPSA) is 118 Å². The summed E-state index contributed by atoms with van der Waals surface area (Å²) >= 11 is 0. The van der Waals surface area contributed by atoms with E-state index >= 15 is 0 Å². The monoisotopic (exact) mass is 346 g/mol.